The molecule has 1 atom stereocenters. The van der Waals surface area contributed by atoms with Gasteiger partial charge in [0.15, 0.2) is 5.78 Å². The van der Waals surface area contributed by atoms with Gasteiger partial charge in [-0.15, -0.1) is 0 Å². The molecule has 0 radical (unpaired) electrons. The summed E-state index contributed by atoms with van der Waals surface area (Å²) in [7, 11) is 5.67. The van der Waals surface area contributed by atoms with Gasteiger partial charge in [0.25, 0.3) is 5.69 Å². The summed E-state index contributed by atoms with van der Waals surface area (Å²) in [5, 5.41) is 14.5. The number of rotatable bonds is 8. The van der Waals surface area contributed by atoms with Crippen LogP contribution in [-0.2, 0) is 0 Å². The number of carbonyl (C=O) groups is 1. The molecule has 7 nitrogen and oxygen atoms in total. The van der Waals surface area contributed by atoms with Crippen LogP contribution in [0, 0.1) is 10.1 Å². The molecule has 138 valence electrons. The molecule has 0 aromatic heterocycles. The molecule has 0 bridgehead atoms. The quantitative estimate of drug-likeness (QED) is 0.429. The first kappa shape index (κ1) is 19.4. The largest absolute Gasteiger partial charge is 0.497 e. The van der Waals surface area contributed by atoms with Crippen LogP contribution in [0.1, 0.15) is 28.9 Å². The molecule has 2 rings (SSSR count). The van der Waals surface area contributed by atoms with Gasteiger partial charge in [-0.1, -0.05) is 12.1 Å². The number of methoxy groups -OCH3 is 1. The van der Waals surface area contributed by atoms with E-state index in [1.54, 1.807) is 19.2 Å². The number of nitrogens with one attached hydrogen (secondary N) is 2. The van der Waals surface area contributed by atoms with Crippen molar-refractivity contribution in [2.45, 2.75) is 13.0 Å². The zero-order chi connectivity index (χ0) is 19.3. The minimum absolute atomic E-state index is 0.0668. The number of ether oxygens (including phenoxy) is 1. The lowest BCUT2D eigenvalue weighted by Gasteiger charge is -2.23. The molecule has 2 aromatic carbocycles. The number of carbonyl (C=O) groups excluding carboxylic acids is 1. The van der Waals surface area contributed by atoms with Crippen molar-refractivity contribution < 1.29 is 19.4 Å². The van der Waals surface area contributed by atoms with Gasteiger partial charge in [-0.05, 0) is 31.2 Å². The lowest BCUT2D eigenvalue weighted by atomic mass is 10.0. The minimum Gasteiger partial charge on any atom is -0.497 e. The molecule has 0 saturated carbocycles. The topological polar surface area (TPSA) is 85.9 Å². The van der Waals surface area contributed by atoms with Crippen LogP contribution in [0.3, 0.4) is 0 Å². The number of ketones is 1. The van der Waals surface area contributed by atoms with Crippen molar-refractivity contribution >= 4 is 17.2 Å². The number of quaternary nitrogens is 1. The zero-order valence-electron chi connectivity index (χ0n) is 15.4. The Morgan fingerprint density at radius 1 is 1.27 bits per heavy atom. The highest BCUT2D eigenvalue weighted by Crippen LogP contribution is 2.27. The molecular formula is C19H24N3O4+. The molecule has 2 N–H and O–H groups in total. The SMILES string of the molecule is COc1cccc([C@@H](CNc2ccc(C(C)=O)cc2[N+](=O)[O-])[NH+](C)C)c1. The molecule has 7 heteroatoms. The number of likely N-dealkylation sites (N-methyl/N-ethyl adjacent to an activating group) is 1. The third kappa shape index (κ3) is 4.58. The Morgan fingerprint density at radius 2 is 2.00 bits per heavy atom. The predicted molar refractivity (Wildman–Crippen MR) is 100 cm³/mol. The molecule has 0 aliphatic carbocycles. The smallest absolute Gasteiger partial charge is 0.293 e. The predicted octanol–water partition coefficient (Wildman–Crippen LogP) is 2.10. The second-order valence-electron chi connectivity index (χ2n) is 6.33. The molecule has 26 heavy (non-hydrogen) atoms. The van der Waals surface area contributed by atoms with E-state index in [2.05, 4.69) is 5.32 Å². The van der Waals surface area contributed by atoms with Crippen molar-refractivity contribution in [3.8, 4) is 5.75 Å². The van der Waals surface area contributed by atoms with Gasteiger partial charge in [0.2, 0.25) is 0 Å². The maximum absolute atomic E-state index is 11.5. The summed E-state index contributed by atoms with van der Waals surface area (Å²) >= 11 is 0. The average Bonchev–Trinajstić information content (AvgIpc) is 2.61. The highest BCUT2D eigenvalue weighted by atomic mass is 16.6. The van der Waals surface area contributed by atoms with Gasteiger partial charge in [-0.3, -0.25) is 14.9 Å². The third-order valence-corrected chi connectivity index (χ3v) is 4.29. The molecule has 0 amide bonds. The van der Waals surface area contributed by atoms with Crippen LogP contribution in [0.4, 0.5) is 11.4 Å². The Hall–Kier alpha value is -2.93. The fourth-order valence-corrected chi connectivity index (χ4v) is 2.78. The number of anilines is 1. The van der Waals surface area contributed by atoms with E-state index in [0.29, 0.717) is 17.8 Å². The van der Waals surface area contributed by atoms with Crippen LogP contribution in [0.2, 0.25) is 0 Å². The molecule has 0 aliphatic rings. The number of nitro groups is 1. The van der Waals surface area contributed by atoms with Gasteiger partial charge in [-0.2, -0.15) is 0 Å². The first-order chi connectivity index (χ1) is 12.3. The summed E-state index contributed by atoms with van der Waals surface area (Å²) in [4.78, 5) is 23.5. The summed E-state index contributed by atoms with van der Waals surface area (Å²) in [5.41, 5.74) is 1.69. The first-order valence-electron chi connectivity index (χ1n) is 8.30. The summed E-state index contributed by atoms with van der Waals surface area (Å²) in [5.74, 6) is 0.567. The van der Waals surface area contributed by atoms with E-state index in [1.165, 1.54) is 17.9 Å². The molecule has 0 heterocycles. The average molecular weight is 358 g/mol. The van der Waals surface area contributed by atoms with Crippen molar-refractivity contribution in [2.24, 2.45) is 0 Å². The van der Waals surface area contributed by atoms with Crippen LogP contribution in [0.15, 0.2) is 42.5 Å². The monoisotopic (exact) mass is 358 g/mol. The summed E-state index contributed by atoms with van der Waals surface area (Å²) < 4.78 is 5.28. The van der Waals surface area contributed by atoms with E-state index in [9.17, 15) is 14.9 Å². The van der Waals surface area contributed by atoms with E-state index >= 15 is 0 Å². The first-order valence-corrected chi connectivity index (χ1v) is 8.30. The minimum atomic E-state index is -0.474. The van der Waals surface area contributed by atoms with Crippen molar-refractivity contribution in [3.63, 3.8) is 0 Å². The Morgan fingerprint density at radius 3 is 2.58 bits per heavy atom. The van der Waals surface area contributed by atoms with Gasteiger partial charge in [-0.25, -0.2) is 0 Å². The maximum Gasteiger partial charge on any atom is 0.293 e. The third-order valence-electron chi connectivity index (χ3n) is 4.29. The van der Waals surface area contributed by atoms with Crippen LogP contribution in [-0.4, -0.2) is 38.5 Å². The second kappa shape index (κ2) is 8.44. The Balaban J connectivity index is 2.26. The normalized spacial score (nSPS) is 11.9. The van der Waals surface area contributed by atoms with E-state index in [0.717, 1.165) is 11.3 Å². The van der Waals surface area contributed by atoms with E-state index in [1.807, 2.05) is 38.4 Å². The van der Waals surface area contributed by atoms with Gasteiger partial charge in [0.1, 0.15) is 17.5 Å². The van der Waals surface area contributed by atoms with Crippen molar-refractivity contribution in [1.29, 1.82) is 0 Å². The molecule has 2 aromatic rings. The number of nitro benzene ring substituents is 1. The van der Waals surface area contributed by atoms with E-state index in [4.69, 9.17) is 4.74 Å². The number of hydrogen-bond acceptors (Lipinski definition) is 5. The van der Waals surface area contributed by atoms with E-state index in [-0.39, 0.29) is 17.5 Å². The summed E-state index contributed by atoms with van der Waals surface area (Å²) in [6, 6.07) is 12.3. The zero-order valence-corrected chi connectivity index (χ0v) is 15.4. The molecule has 0 spiro atoms. The Kier molecular flexibility index (Phi) is 6.30. The summed E-state index contributed by atoms with van der Waals surface area (Å²) in [6.07, 6.45) is 0. The molecule has 0 fully saturated rings. The highest BCUT2D eigenvalue weighted by molar-refractivity contribution is 5.95. The lowest BCUT2D eigenvalue weighted by Crippen LogP contribution is -3.06. The van der Waals surface area contributed by atoms with Crippen LogP contribution in [0.25, 0.3) is 0 Å². The summed E-state index contributed by atoms with van der Waals surface area (Å²) in [6.45, 7) is 1.89. The van der Waals surface area contributed by atoms with Crippen molar-refractivity contribution in [1.82, 2.24) is 0 Å². The van der Waals surface area contributed by atoms with Crippen LogP contribution in [0.5, 0.6) is 5.75 Å². The Bertz CT molecular complexity index is 805. The number of hydrogen-bond donors (Lipinski definition) is 2. The highest BCUT2D eigenvalue weighted by Gasteiger charge is 2.21. The molecule has 0 saturated heterocycles. The van der Waals surface area contributed by atoms with Crippen molar-refractivity contribution in [2.75, 3.05) is 33.1 Å². The van der Waals surface area contributed by atoms with Crippen LogP contribution < -0.4 is 15.0 Å². The molecule has 0 aliphatic heterocycles. The fourth-order valence-electron chi connectivity index (χ4n) is 2.78. The number of benzene rings is 2. The molecule has 0 unspecified atom stereocenters. The number of Topliss-reactive ketones (excluding diaryl/α,β-unsaturated/α-hetero) is 1. The lowest BCUT2D eigenvalue weighted by molar-refractivity contribution is -0.890. The van der Waals surface area contributed by atoms with Gasteiger partial charge in [0.05, 0.1) is 32.7 Å². The van der Waals surface area contributed by atoms with Crippen LogP contribution >= 0.6 is 0 Å². The molecular weight excluding hydrogens is 334 g/mol. The maximum atomic E-state index is 11.5. The van der Waals surface area contributed by atoms with E-state index < -0.39 is 4.92 Å². The van der Waals surface area contributed by atoms with Gasteiger partial charge in [0, 0.05) is 17.2 Å². The standard InChI is InChI=1S/C19H23N3O4/c1-13(23)14-8-9-17(18(11-14)22(24)25)20-12-19(21(2)3)15-6-5-7-16(10-15)26-4/h5-11,19-20H,12H2,1-4H3/p+1/t19-/m1/s1. The van der Waals surface area contributed by atoms with Gasteiger partial charge < -0.3 is 15.0 Å². The van der Waals surface area contributed by atoms with Gasteiger partial charge >= 0.3 is 0 Å². The fraction of sp³-hybridized carbons (Fsp3) is 0.316. The number of nitrogens with zero attached hydrogens (tertiary/aromatic N) is 1. The Labute approximate surface area is 152 Å². The van der Waals surface area contributed by atoms with Crippen molar-refractivity contribution in [3.05, 3.63) is 63.7 Å². The second-order valence-corrected chi connectivity index (χ2v) is 6.33.